The largest absolute Gasteiger partial charge is 0.465 e. The Hall–Kier alpha value is -15.2. The standard InChI is InChI=1S/C27H24.C19H22N2O2.2C15H21N3O3.2C12H12O6/c1-19-10-4-7-13-25(19)22-16-23(26-14-8-5-11-20(26)2)18-24(17-22)27-15-9-6-12-21(27)3;1-13-8-6-7-9-19(13)16-10-17(20(4)14(2)22)12-18(11-16)21(5)15(3)23;1-16(2)13(19)10-7-11(14(20)17(3)4)9-12(8-10)15(21)18(5)6;1-10(19)16(4)13-7-14(17(5)11(2)20)9-15(8-13)18(6)12(3)21;1-16-10(13)7-4-8(11(14)17-2)6-9(5-7)12(15)18-3;1-7(13)16-10-4-11(17-8(2)14)6-12(5-10)18-9(3)15/h4-18H,1-3H3;6-12H,1-5H3;2*7-9H,1-6H3;2*4-6H,1-3H3. The van der Waals surface area contributed by atoms with E-state index in [9.17, 15) is 67.1 Å². The Morgan fingerprint density at radius 3 is 0.578 bits per heavy atom. The maximum Gasteiger partial charge on any atom is 0.337 e. The maximum atomic E-state index is 12.1. The van der Waals surface area contributed by atoms with E-state index in [0.717, 1.165) is 28.1 Å². The Morgan fingerprint density at radius 2 is 0.406 bits per heavy atom. The monoisotopic (exact) mass is 1740 g/mol. The number of carbonyl (C=O) groups excluding carboxylic acids is 14. The van der Waals surface area contributed by atoms with Crippen LogP contribution in [0, 0.1) is 27.7 Å². The number of esters is 6. The summed E-state index contributed by atoms with van der Waals surface area (Å²) in [4.78, 5) is 173. The number of anilines is 5. The topological polar surface area (TPSA) is 320 Å². The van der Waals surface area contributed by atoms with E-state index < -0.39 is 35.8 Å². The molecule has 0 heterocycles. The molecular formula is C100H112N8O20. The fourth-order valence-corrected chi connectivity index (χ4v) is 12.2. The third kappa shape index (κ3) is 30.1. The lowest BCUT2D eigenvalue weighted by molar-refractivity contribution is -0.132. The second kappa shape index (κ2) is 48.2. The molecule has 0 spiro atoms. The SMILES string of the molecule is CC(=O)N(C)c1cc(-c2ccccc2C)cc(N(C)C(C)=O)c1.CC(=O)N(C)c1cc(N(C)C(C)=O)cc(N(C)C(C)=O)c1.CC(=O)Oc1cc(OC(C)=O)cc(OC(C)=O)c1.CN(C)C(=O)c1cc(C(=O)N(C)C)cc(C(=O)N(C)C)c1.COC(=O)c1cc(C(=O)OC)cc(C(=O)OC)c1.Cc1ccccc1-c1cc(-c2ccccc2C)cc(-c2ccccc2C)c1. The number of nitrogens with zero attached hydrogens (tertiary/aromatic N) is 8. The first-order chi connectivity index (χ1) is 60.1. The Bertz CT molecular complexity index is 5250. The van der Waals surface area contributed by atoms with Gasteiger partial charge in [-0.2, -0.15) is 0 Å². The average molecular weight is 1750 g/mol. The molecule has 128 heavy (non-hydrogen) atoms. The summed E-state index contributed by atoms with van der Waals surface area (Å²) in [5.41, 5.74) is 19.4. The summed E-state index contributed by atoms with van der Waals surface area (Å²) in [7, 11) is 21.7. The van der Waals surface area contributed by atoms with E-state index in [1.807, 2.05) is 49.4 Å². The van der Waals surface area contributed by atoms with Gasteiger partial charge in [0, 0.05) is 196 Å². The number of ether oxygens (including phenoxy) is 6. The van der Waals surface area contributed by atoms with Crippen LogP contribution < -0.4 is 38.7 Å². The Balaban J connectivity index is 0.000000274. The Labute approximate surface area is 748 Å². The van der Waals surface area contributed by atoms with E-state index in [1.54, 1.807) is 106 Å². The molecular weight excluding hydrogens is 1630 g/mol. The minimum absolute atomic E-state index is 0.0524. The van der Waals surface area contributed by atoms with Crippen molar-refractivity contribution in [2.24, 2.45) is 0 Å². The van der Waals surface area contributed by atoms with Gasteiger partial charge in [-0.1, -0.05) is 97.1 Å². The van der Waals surface area contributed by atoms with Crippen LogP contribution in [0.2, 0.25) is 0 Å². The van der Waals surface area contributed by atoms with Crippen molar-refractivity contribution >= 4 is 112 Å². The molecule has 0 N–H and O–H groups in total. The first-order valence-electron chi connectivity index (χ1n) is 39.9. The third-order valence-corrected chi connectivity index (χ3v) is 19.6. The number of rotatable bonds is 18. The zero-order chi connectivity index (χ0) is 96.0. The second-order valence-electron chi connectivity index (χ2n) is 30.0. The van der Waals surface area contributed by atoms with Crippen LogP contribution in [0.25, 0.3) is 44.5 Å². The fraction of sp³-hybridized carbons (Fsp3) is 0.260. The van der Waals surface area contributed by atoms with Crippen LogP contribution in [0.4, 0.5) is 28.4 Å². The third-order valence-electron chi connectivity index (χ3n) is 19.6. The number of carbonyl (C=O) groups is 14. The smallest absolute Gasteiger partial charge is 0.337 e. The molecule has 0 aromatic heterocycles. The molecule has 10 aromatic carbocycles. The van der Waals surface area contributed by atoms with Crippen molar-refractivity contribution < 1.29 is 95.5 Å². The minimum Gasteiger partial charge on any atom is -0.465 e. The van der Waals surface area contributed by atoms with Crippen LogP contribution in [0.15, 0.2) is 206 Å². The van der Waals surface area contributed by atoms with Crippen molar-refractivity contribution in [1.82, 2.24) is 14.7 Å². The molecule has 10 rings (SSSR count). The van der Waals surface area contributed by atoms with Crippen LogP contribution in [-0.4, -0.2) is 197 Å². The molecule has 672 valence electrons. The first kappa shape index (κ1) is 103. The highest BCUT2D eigenvalue weighted by molar-refractivity contribution is 6.06. The van der Waals surface area contributed by atoms with Crippen molar-refractivity contribution in [3.63, 3.8) is 0 Å². The molecule has 0 bridgehead atoms. The molecule has 0 unspecified atom stereocenters. The number of hydrogen-bond acceptors (Lipinski definition) is 20. The molecule has 0 aliphatic heterocycles. The summed E-state index contributed by atoms with van der Waals surface area (Å²) >= 11 is 0. The van der Waals surface area contributed by atoms with Crippen molar-refractivity contribution in [2.75, 3.05) is 123 Å². The summed E-state index contributed by atoms with van der Waals surface area (Å²) in [6.45, 7) is 19.7. The van der Waals surface area contributed by atoms with Crippen molar-refractivity contribution in [3.05, 3.63) is 262 Å². The Morgan fingerprint density at radius 1 is 0.227 bits per heavy atom. The van der Waals surface area contributed by atoms with Gasteiger partial charge < -0.3 is 67.6 Å². The molecule has 0 saturated carbocycles. The van der Waals surface area contributed by atoms with Crippen LogP contribution in [0.5, 0.6) is 17.2 Å². The maximum absolute atomic E-state index is 12.1. The number of benzene rings is 10. The lowest BCUT2D eigenvalue weighted by atomic mass is 9.89. The summed E-state index contributed by atoms with van der Waals surface area (Å²) < 4.78 is 28.1. The van der Waals surface area contributed by atoms with Crippen LogP contribution in [0.1, 0.15) is 140 Å². The minimum atomic E-state index is -0.661. The van der Waals surface area contributed by atoms with Crippen molar-refractivity contribution in [2.45, 2.75) is 83.1 Å². The highest BCUT2D eigenvalue weighted by Gasteiger charge is 2.23. The summed E-state index contributed by atoms with van der Waals surface area (Å²) in [6.07, 6.45) is 0. The Kier molecular flexibility index (Phi) is 38.9. The number of methoxy groups -OCH3 is 3. The predicted molar refractivity (Wildman–Crippen MR) is 497 cm³/mol. The van der Waals surface area contributed by atoms with Gasteiger partial charge in [0.05, 0.1) is 38.0 Å². The molecule has 0 radical (unpaired) electrons. The van der Waals surface area contributed by atoms with Gasteiger partial charge >= 0.3 is 35.8 Å². The van der Waals surface area contributed by atoms with Gasteiger partial charge in [0.2, 0.25) is 29.5 Å². The van der Waals surface area contributed by atoms with Crippen molar-refractivity contribution in [3.8, 4) is 61.8 Å². The van der Waals surface area contributed by atoms with Gasteiger partial charge in [0.1, 0.15) is 17.2 Å². The van der Waals surface area contributed by atoms with Gasteiger partial charge in [-0.25, -0.2) is 14.4 Å². The molecule has 10 aromatic rings. The molecule has 0 atom stereocenters. The van der Waals surface area contributed by atoms with E-state index in [0.29, 0.717) is 33.8 Å². The molecule has 0 fully saturated rings. The van der Waals surface area contributed by atoms with E-state index in [1.165, 1.54) is 211 Å². The van der Waals surface area contributed by atoms with Gasteiger partial charge in [-0.3, -0.25) is 52.7 Å². The van der Waals surface area contributed by atoms with Crippen LogP contribution in [0.3, 0.4) is 0 Å². The van der Waals surface area contributed by atoms with Crippen molar-refractivity contribution in [1.29, 1.82) is 0 Å². The molecule has 0 aliphatic rings. The summed E-state index contributed by atoms with van der Waals surface area (Å²) in [5, 5.41) is 0. The predicted octanol–water partition coefficient (Wildman–Crippen LogP) is 16.2. The van der Waals surface area contributed by atoms with Gasteiger partial charge in [0.25, 0.3) is 17.7 Å². The normalized spacial score (nSPS) is 10.1. The summed E-state index contributed by atoms with van der Waals surface area (Å²) in [6, 6.07) is 64.3. The highest BCUT2D eigenvalue weighted by Crippen LogP contribution is 2.38. The zero-order valence-corrected chi connectivity index (χ0v) is 77.4. The summed E-state index contributed by atoms with van der Waals surface area (Å²) in [5.74, 6) is -4.49. The molecule has 28 nitrogen and oxygen atoms in total. The van der Waals surface area contributed by atoms with Gasteiger partial charge in [0.15, 0.2) is 0 Å². The second-order valence-corrected chi connectivity index (χ2v) is 30.0. The molecule has 28 heteroatoms. The number of amides is 8. The quantitative estimate of drug-likeness (QED) is 0.0437. The lowest BCUT2D eigenvalue weighted by Crippen LogP contribution is -2.28. The van der Waals surface area contributed by atoms with Gasteiger partial charge in [-0.15, -0.1) is 0 Å². The van der Waals surface area contributed by atoms with E-state index >= 15 is 0 Å². The number of hydrogen-bond donors (Lipinski definition) is 0. The molecule has 8 amide bonds. The lowest BCUT2D eigenvalue weighted by Gasteiger charge is -2.24. The number of aryl methyl sites for hydroxylation is 4. The molecule has 0 saturated heterocycles. The van der Waals surface area contributed by atoms with E-state index in [2.05, 4.69) is 126 Å². The van der Waals surface area contributed by atoms with Gasteiger partial charge in [-0.05, 0) is 185 Å². The van der Waals surface area contributed by atoms with Crippen LogP contribution in [-0.2, 0) is 52.6 Å². The van der Waals surface area contributed by atoms with E-state index in [-0.39, 0.29) is 81.2 Å². The first-order valence-corrected chi connectivity index (χ1v) is 39.9. The molecule has 0 aliphatic carbocycles. The highest BCUT2D eigenvalue weighted by atomic mass is 16.6. The average Bonchev–Trinajstić information content (AvgIpc) is 0.628. The van der Waals surface area contributed by atoms with E-state index in [4.69, 9.17) is 14.2 Å². The fourth-order valence-electron chi connectivity index (χ4n) is 12.2. The zero-order valence-electron chi connectivity index (χ0n) is 77.4. The van der Waals surface area contributed by atoms with Crippen LogP contribution >= 0.6 is 0 Å².